The lowest BCUT2D eigenvalue weighted by Gasteiger charge is -2.09. The number of esters is 2. The Kier molecular flexibility index (Phi) is 7.91. The van der Waals surface area contributed by atoms with Crippen molar-refractivity contribution in [3.05, 3.63) is 38.4 Å². The average Bonchev–Trinajstić information content (AvgIpc) is 3.27. The standard InChI is InChI=1S/C19H22N2O6S2/c1-5-26-19(25)15-11(2)16(18(24)21(3)4)29-17(15)20-13(22)9-27-14(23)8-12-6-7-28-10-12/h6-7,10H,5,8-9H2,1-4H3,(H,20,22). The predicted molar refractivity (Wildman–Crippen MR) is 111 cm³/mol. The maximum atomic E-state index is 12.4. The molecule has 0 aliphatic heterocycles. The Hall–Kier alpha value is -2.72. The highest BCUT2D eigenvalue weighted by Crippen LogP contribution is 2.34. The van der Waals surface area contributed by atoms with Gasteiger partial charge in [0.2, 0.25) is 0 Å². The zero-order valence-electron chi connectivity index (χ0n) is 16.6. The summed E-state index contributed by atoms with van der Waals surface area (Å²) in [7, 11) is 3.19. The Balaban J connectivity index is 2.11. The third kappa shape index (κ3) is 5.88. The molecule has 0 aliphatic rings. The van der Waals surface area contributed by atoms with Gasteiger partial charge in [0.25, 0.3) is 11.8 Å². The van der Waals surface area contributed by atoms with E-state index in [1.807, 2.05) is 10.8 Å². The third-order valence-corrected chi connectivity index (χ3v) is 5.70. The van der Waals surface area contributed by atoms with E-state index in [-0.39, 0.29) is 29.5 Å². The van der Waals surface area contributed by atoms with Gasteiger partial charge in [-0.15, -0.1) is 11.3 Å². The second-order valence-electron chi connectivity index (χ2n) is 6.20. The Morgan fingerprint density at radius 1 is 1.17 bits per heavy atom. The van der Waals surface area contributed by atoms with Crippen LogP contribution in [0.1, 0.15) is 38.1 Å². The second kappa shape index (κ2) is 10.2. The van der Waals surface area contributed by atoms with Crippen molar-refractivity contribution >= 4 is 51.4 Å². The monoisotopic (exact) mass is 438 g/mol. The lowest BCUT2D eigenvalue weighted by molar-refractivity contribution is -0.146. The molecule has 2 heterocycles. The first-order valence-corrected chi connectivity index (χ1v) is 10.5. The van der Waals surface area contributed by atoms with Crippen LogP contribution < -0.4 is 5.32 Å². The average molecular weight is 439 g/mol. The summed E-state index contributed by atoms with van der Waals surface area (Å²) in [6.07, 6.45) is 0.0739. The molecule has 0 aromatic carbocycles. The van der Waals surface area contributed by atoms with Crippen LogP contribution in [0, 0.1) is 6.92 Å². The van der Waals surface area contributed by atoms with Gasteiger partial charge >= 0.3 is 11.9 Å². The van der Waals surface area contributed by atoms with E-state index in [0.29, 0.717) is 10.4 Å². The van der Waals surface area contributed by atoms with Crippen LogP contribution in [0.15, 0.2) is 16.8 Å². The maximum Gasteiger partial charge on any atom is 0.341 e. The predicted octanol–water partition coefficient (Wildman–Crippen LogP) is 2.72. The molecule has 0 spiro atoms. The van der Waals surface area contributed by atoms with E-state index in [4.69, 9.17) is 9.47 Å². The number of hydrogen-bond donors (Lipinski definition) is 1. The Bertz CT molecular complexity index is 902. The highest BCUT2D eigenvalue weighted by atomic mass is 32.1. The number of carbonyl (C=O) groups is 4. The first-order chi connectivity index (χ1) is 13.7. The largest absolute Gasteiger partial charge is 0.462 e. The summed E-state index contributed by atoms with van der Waals surface area (Å²) in [6, 6.07) is 1.80. The van der Waals surface area contributed by atoms with E-state index >= 15 is 0 Å². The molecule has 0 radical (unpaired) electrons. The number of anilines is 1. The van der Waals surface area contributed by atoms with Crippen LogP contribution in [0.4, 0.5) is 5.00 Å². The summed E-state index contributed by atoms with van der Waals surface area (Å²) < 4.78 is 10.0. The van der Waals surface area contributed by atoms with Crippen molar-refractivity contribution in [3.63, 3.8) is 0 Å². The molecule has 0 saturated heterocycles. The number of amides is 2. The van der Waals surface area contributed by atoms with Crippen LogP contribution in [-0.2, 0) is 25.5 Å². The van der Waals surface area contributed by atoms with Crippen molar-refractivity contribution in [1.82, 2.24) is 4.90 Å². The molecule has 2 aromatic heterocycles. The van der Waals surface area contributed by atoms with Crippen molar-refractivity contribution in [3.8, 4) is 0 Å². The van der Waals surface area contributed by atoms with Gasteiger partial charge in [-0.25, -0.2) is 4.79 Å². The fraction of sp³-hybridized carbons (Fsp3) is 0.368. The van der Waals surface area contributed by atoms with Crippen molar-refractivity contribution in [2.75, 3.05) is 32.6 Å². The zero-order chi connectivity index (χ0) is 21.6. The van der Waals surface area contributed by atoms with Crippen molar-refractivity contribution in [1.29, 1.82) is 0 Å². The van der Waals surface area contributed by atoms with Crippen LogP contribution in [0.2, 0.25) is 0 Å². The van der Waals surface area contributed by atoms with Crippen LogP contribution in [0.3, 0.4) is 0 Å². The molecule has 10 heteroatoms. The fourth-order valence-corrected chi connectivity index (χ4v) is 4.28. The fourth-order valence-electron chi connectivity index (χ4n) is 2.38. The molecule has 2 amide bonds. The molecular formula is C19H22N2O6S2. The molecule has 0 bridgehead atoms. The van der Waals surface area contributed by atoms with E-state index in [1.165, 1.54) is 16.2 Å². The number of hydrogen-bond acceptors (Lipinski definition) is 8. The van der Waals surface area contributed by atoms with Crippen molar-refractivity contribution < 1.29 is 28.7 Å². The zero-order valence-corrected chi connectivity index (χ0v) is 18.2. The Morgan fingerprint density at radius 2 is 1.90 bits per heavy atom. The van der Waals surface area contributed by atoms with E-state index < -0.39 is 24.5 Å². The minimum Gasteiger partial charge on any atom is -0.462 e. The molecule has 1 N–H and O–H groups in total. The van der Waals surface area contributed by atoms with Gasteiger partial charge in [-0.05, 0) is 41.8 Å². The molecule has 0 saturated carbocycles. The summed E-state index contributed by atoms with van der Waals surface area (Å²) >= 11 is 2.44. The van der Waals surface area contributed by atoms with Crippen LogP contribution in [0.5, 0.6) is 0 Å². The quantitative estimate of drug-likeness (QED) is 0.636. The molecule has 2 aromatic rings. The second-order valence-corrected chi connectivity index (χ2v) is 8.00. The van der Waals surface area contributed by atoms with Gasteiger partial charge in [-0.3, -0.25) is 14.4 Å². The van der Waals surface area contributed by atoms with Gasteiger partial charge < -0.3 is 19.7 Å². The molecule has 156 valence electrons. The van der Waals surface area contributed by atoms with Gasteiger partial charge in [0.1, 0.15) is 5.00 Å². The first-order valence-electron chi connectivity index (χ1n) is 8.73. The van der Waals surface area contributed by atoms with Crippen LogP contribution >= 0.6 is 22.7 Å². The van der Waals surface area contributed by atoms with Gasteiger partial charge in [0, 0.05) is 14.1 Å². The highest BCUT2D eigenvalue weighted by Gasteiger charge is 2.27. The maximum absolute atomic E-state index is 12.4. The number of rotatable bonds is 8. The number of nitrogens with one attached hydrogen (secondary N) is 1. The first kappa shape index (κ1) is 22.6. The van der Waals surface area contributed by atoms with Crippen LogP contribution in [0.25, 0.3) is 0 Å². The highest BCUT2D eigenvalue weighted by molar-refractivity contribution is 7.18. The van der Waals surface area contributed by atoms with Gasteiger partial charge in [-0.2, -0.15) is 11.3 Å². The van der Waals surface area contributed by atoms with E-state index in [1.54, 1.807) is 34.0 Å². The summed E-state index contributed by atoms with van der Waals surface area (Å²) in [5.41, 5.74) is 1.36. The smallest absolute Gasteiger partial charge is 0.341 e. The number of ether oxygens (including phenoxy) is 2. The van der Waals surface area contributed by atoms with Crippen molar-refractivity contribution in [2.45, 2.75) is 20.3 Å². The molecule has 0 aliphatic carbocycles. The third-order valence-electron chi connectivity index (χ3n) is 3.77. The van der Waals surface area contributed by atoms with Gasteiger partial charge in [-0.1, -0.05) is 0 Å². The Morgan fingerprint density at radius 3 is 2.48 bits per heavy atom. The van der Waals surface area contributed by atoms with E-state index in [9.17, 15) is 19.2 Å². The molecule has 8 nitrogen and oxygen atoms in total. The molecule has 29 heavy (non-hydrogen) atoms. The normalized spacial score (nSPS) is 10.3. The molecule has 0 atom stereocenters. The van der Waals surface area contributed by atoms with E-state index in [0.717, 1.165) is 16.9 Å². The molecule has 0 unspecified atom stereocenters. The van der Waals surface area contributed by atoms with Gasteiger partial charge in [0.15, 0.2) is 6.61 Å². The van der Waals surface area contributed by atoms with Gasteiger partial charge in [0.05, 0.1) is 23.5 Å². The Labute approximate surface area is 176 Å². The molecule has 0 fully saturated rings. The topological polar surface area (TPSA) is 102 Å². The molecule has 2 rings (SSSR count). The van der Waals surface area contributed by atoms with E-state index in [2.05, 4.69) is 5.32 Å². The summed E-state index contributed by atoms with van der Waals surface area (Å²) in [6.45, 7) is 2.94. The number of thiophene rings is 2. The minimum atomic E-state index is -0.635. The minimum absolute atomic E-state index is 0.0739. The van der Waals surface area contributed by atoms with Crippen LogP contribution in [-0.4, -0.2) is 56.0 Å². The lowest BCUT2D eigenvalue weighted by atomic mass is 10.1. The number of carbonyl (C=O) groups excluding carboxylic acids is 4. The summed E-state index contributed by atoms with van der Waals surface area (Å²) in [5.74, 6) is -2.07. The van der Waals surface area contributed by atoms with Crippen molar-refractivity contribution in [2.24, 2.45) is 0 Å². The molecular weight excluding hydrogens is 416 g/mol. The number of nitrogens with zero attached hydrogens (tertiary/aromatic N) is 1. The summed E-state index contributed by atoms with van der Waals surface area (Å²) in [4.78, 5) is 50.5. The lowest BCUT2D eigenvalue weighted by Crippen LogP contribution is -2.22. The summed E-state index contributed by atoms with van der Waals surface area (Å²) in [5, 5.41) is 6.41. The SMILES string of the molecule is CCOC(=O)c1c(NC(=O)COC(=O)Cc2ccsc2)sc(C(=O)N(C)C)c1C.